The first kappa shape index (κ1) is 18.3. The van der Waals surface area contributed by atoms with Crippen LogP contribution in [0.2, 0.25) is 0 Å². The number of hydrogen-bond donors (Lipinski definition) is 0. The third kappa shape index (κ3) is 4.08. The molecule has 5 nitrogen and oxygen atoms in total. The van der Waals surface area contributed by atoms with E-state index in [0.29, 0.717) is 6.42 Å². The minimum atomic E-state index is -0.792. The van der Waals surface area contributed by atoms with Gasteiger partial charge in [-0.15, -0.1) is 0 Å². The van der Waals surface area contributed by atoms with E-state index in [1.165, 1.54) is 0 Å². The molecule has 1 aromatic carbocycles. The van der Waals surface area contributed by atoms with Crippen molar-refractivity contribution in [3.05, 3.63) is 29.8 Å². The Morgan fingerprint density at radius 2 is 1.75 bits per heavy atom. The van der Waals surface area contributed by atoms with Gasteiger partial charge >= 0.3 is 5.97 Å². The van der Waals surface area contributed by atoms with Gasteiger partial charge < -0.3 is 14.4 Å². The van der Waals surface area contributed by atoms with Crippen molar-refractivity contribution in [2.45, 2.75) is 59.2 Å². The van der Waals surface area contributed by atoms with Crippen molar-refractivity contribution < 1.29 is 19.1 Å². The topological polar surface area (TPSA) is 55.8 Å². The van der Waals surface area contributed by atoms with E-state index in [4.69, 9.17) is 9.47 Å². The molecule has 0 N–H and O–H groups in total. The van der Waals surface area contributed by atoms with Gasteiger partial charge in [-0.1, -0.05) is 18.2 Å². The summed E-state index contributed by atoms with van der Waals surface area (Å²) < 4.78 is 11.1. The van der Waals surface area contributed by atoms with E-state index in [0.717, 1.165) is 11.3 Å². The van der Waals surface area contributed by atoms with Crippen molar-refractivity contribution in [1.29, 1.82) is 0 Å². The summed E-state index contributed by atoms with van der Waals surface area (Å²) in [5, 5.41) is 0. The third-order valence-electron chi connectivity index (χ3n) is 4.22. The molecule has 2 atom stereocenters. The highest BCUT2D eigenvalue weighted by Gasteiger charge is 2.32. The number of rotatable bonds is 5. The molecular formula is C19H27NO4. The smallest absolute Gasteiger partial charge is 0.313 e. The lowest BCUT2D eigenvalue weighted by Gasteiger charge is -2.33. The summed E-state index contributed by atoms with van der Waals surface area (Å²) in [6.07, 6.45) is -0.215. The maximum absolute atomic E-state index is 12.6. The zero-order valence-electron chi connectivity index (χ0n) is 15.1. The third-order valence-corrected chi connectivity index (χ3v) is 4.22. The number of carbonyl (C=O) groups excluding carboxylic acids is 2. The fourth-order valence-corrected chi connectivity index (χ4v) is 3.12. The highest BCUT2D eigenvalue weighted by Crippen LogP contribution is 2.27. The van der Waals surface area contributed by atoms with Gasteiger partial charge in [-0.25, -0.2) is 0 Å². The Morgan fingerprint density at radius 1 is 1.12 bits per heavy atom. The molecule has 0 bridgehead atoms. The molecule has 1 aliphatic heterocycles. The molecule has 0 radical (unpaired) electrons. The molecule has 0 aromatic heterocycles. The van der Waals surface area contributed by atoms with Gasteiger partial charge in [0.1, 0.15) is 12.4 Å². The molecule has 1 heterocycles. The Morgan fingerprint density at radius 3 is 2.38 bits per heavy atom. The van der Waals surface area contributed by atoms with Crippen LogP contribution in [-0.4, -0.2) is 41.6 Å². The van der Waals surface area contributed by atoms with E-state index in [1.54, 1.807) is 11.8 Å². The highest BCUT2D eigenvalue weighted by molar-refractivity contribution is 5.84. The van der Waals surface area contributed by atoms with E-state index in [-0.39, 0.29) is 36.5 Å². The number of nitrogens with zero attached hydrogens (tertiary/aromatic N) is 1. The fourth-order valence-electron chi connectivity index (χ4n) is 3.12. The van der Waals surface area contributed by atoms with E-state index in [9.17, 15) is 9.59 Å². The Balaban J connectivity index is 1.98. The predicted molar refractivity (Wildman–Crippen MR) is 91.8 cm³/mol. The van der Waals surface area contributed by atoms with Crippen LogP contribution < -0.4 is 4.74 Å². The first-order valence-corrected chi connectivity index (χ1v) is 8.54. The molecule has 24 heavy (non-hydrogen) atoms. The first-order valence-electron chi connectivity index (χ1n) is 8.54. The lowest BCUT2D eigenvalue weighted by Crippen LogP contribution is -2.48. The molecule has 1 aliphatic rings. The number of hydrogen-bond acceptors (Lipinski definition) is 4. The first-order chi connectivity index (χ1) is 11.3. The van der Waals surface area contributed by atoms with Gasteiger partial charge in [0.25, 0.3) is 5.91 Å². The Kier molecular flexibility index (Phi) is 5.86. The van der Waals surface area contributed by atoms with Crippen LogP contribution in [0.15, 0.2) is 24.3 Å². The second kappa shape index (κ2) is 7.69. The van der Waals surface area contributed by atoms with Crippen LogP contribution in [0.1, 0.15) is 40.2 Å². The van der Waals surface area contributed by atoms with Crippen LogP contribution >= 0.6 is 0 Å². The number of para-hydroxylation sites is 1. The molecule has 0 saturated carbocycles. The average molecular weight is 333 g/mol. The molecule has 5 heteroatoms. The number of carbonyl (C=O) groups is 2. The Bertz CT molecular complexity index is 589. The molecule has 0 fully saturated rings. The van der Waals surface area contributed by atoms with Crippen molar-refractivity contribution in [3.63, 3.8) is 0 Å². The van der Waals surface area contributed by atoms with Gasteiger partial charge in [0.15, 0.2) is 6.10 Å². The van der Waals surface area contributed by atoms with Gasteiger partial charge in [0.05, 0.1) is 5.92 Å². The van der Waals surface area contributed by atoms with Gasteiger partial charge in [-0.05, 0) is 52.7 Å². The summed E-state index contributed by atoms with van der Waals surface area (Å²) >= 11 is 0. The normalized spacial score (nSPS) is 17.9. The molecule has 132 valence electrons. The molecule has 1 aromatic rings. The van der Waals surface area contributed by atoms with Gasteiger partial charge in [0, 0.05) is 12.1 Å². The SMILES string of the molecule is CC(OC(=O)C1COc2ccccc2C1)C(=O)N(C(C)C)C(C)C. The summed E-state index contributed by atoms with van der Waals surface area (Å²) in [4.78, 5) is 26.7. The van der Waals surface area contributed by atoms with Crippen LogP contribution in [0.5, 0.6) is 5.75 Å². The standard InChI is InChI=1S/C19H27NO4/c1-12(2)20(13(3)4)18(21)14(5)24-19(22)16-10-15-8-6-7-9-17(15)23-11-16/h6-9,12-14,16H,10-11H2,1-5H3. The second-order valence-electron chi connectivity index (χ2n) is 6.83. The number of fused-ring (bicyclic) bond motifs is 1. The molecule has 1 amide bonds. The van der Waals surface area contributed by atoms with Crippen LogP contribution in [0.4, 0.5) is 0 Å². The molecule has 0 aliphatic carbocycles. The quantitative estimate of drug-likeness (QED) is 0.778. The van der Waals surface area contributed by atoms with E-state index < -0.39 is 6.10 Å². The van der Waals surface area contributed by atoms with E-state index in [1.807, 2.05) is 52.0 Å². The predicted octanol–water partition coefficient (Wildman–Crippen LogP) is 2.81. The summed E-state index contributed by atoms with van der Waals surface area (Å²) in [6.45, 7) is 9.75. The van der Waals surface area contributed by atoms with Crippen LogP contribution in [0.25, 0.3) is 0 Å². The van der Waals surface area contributed by atoms with Gasteiger partial charge in [-0.2, -0.15) is 0 Å². The second-order valence-corrected chi connectivity index (χ2v) is 6.83. The molecule has 0 saturated heterocycles. The highest BCUT2D eigenvalue weighted by atomic mass is 16.6. The number of amides is 1. The zero-order chi connectivity index (χ0) is 17.9. The fraction of sp³-hybridized carbons (Fsp3) is 0.579. The van der Waals surface area contributed by atoms with Crippen molar-refractivity contribution in [3.8, 4) is 5.75 Å². The van der Waals surface area contributed by atoms with Gasteiger partial charge in [-0.3, -0.25) is 9.59 Å². The van der Waals surface area contributed by atoms with Crippen molar-refractivity contribution >= 4 is 11.9 Å². The summed E-state index contributed by atoms with van der Waals surface area (Å²) in [6, 6.07) is 7.79. The molecule has 0 spiro atoms. The lowest BCUT2D eigenvalue weighted by atomic mass is 9.97. The summed E-state index contributed by atoms with van der Waals surface area (Å²) in [5.41, 5.74) is 0.996. The minimum Gasteiger partial charge on any atom is -0.492 e. The van der Waals surface area contributed by atoms with Crippen LogP contribution in [0.3, 0.4) is 0 Å². The summed E-state index contributed by atoms with van der Waals surface area (Å²) in [7, 11) is 0. The Labute approximate surface area is 143 Å². The molecule has 2 unspecified atom stereocenters. The minimum absolute atomic E-state index is 0.0588. The van der Waals surface area contributed by atoms with Crippen LogP contribution in [-0.2, 0) is 20.7 Å². The molecular weight excluding hydrogens is 306 g/mol. The zero-order valence-corrected chi connectivity index (χ0v) is 15.1. The Hall–Kier alpha value is -2.04. The van der Waals surface area contributed by atoms with Gasteiger partial charge in [0.2, 0.25) is 0 Å². The molecule has 2 rings (SSSR count). The number of benzene rings is 1. The lowest BCUT2D eigenvalue weighted by molar-refractivity contribution is -0.165. The van der Waals surface area contributed by atoms with Crippen molar-refractivity contribution in [2.75, 3.05) is 6.61 Å². The van der Waals surface area contributed by atoms with Crippen molar-refractivity contribution in [1.82, 2.24) is 4.90 Å². The van der Waals surface area contributed by atoms with E-state index >= 15 is 0 Å². The summed E-state index contributed by atoms with van der Waals surface area (Å²) in [5.74, 6) is -0.0959. The largest absolute Gasteiger partial charge is 0.492 e. The van der Waals surface area contributed by atoms with E-state index in [2.05, 4.69) is 0 Å². The number of ether oxygens (including phenoxy) is 2. The average Bonchev–Trinajstić information content (AvgIpc) is 2.53. The van der Waals surface area contributed by atoms with Crippen molar-refractivity contribution in [2.24, 2.45) is 5.92 Å². The maximum Gasteiger partial charge on any atom is 0.313 e. The maximum atomic E-state index is 12.6. The number of esters is 1. The van der Waals surface area contributed by atoms with Crippen LogP contribution in [0, 0.1) is 5.92 Å². The monoisotopic (exact) mass is 333 g/mol.